The predicted molar refractivity (Wildman–Crippen MR) is 95.6 cm³/mol. The molecule has 0 fully saturated rings. The zero-order valence-corrected chi connectivity index (χ0v) is 13.6. The van der Waals surface area contributed by atoms with Crippen LogP contribution in [0.1, 0.15) is 11.3 Å². The Morgan fingerprint density at radius 2 is 1.83 bits per heavy atom. The van der Waals surface area contributed by atoms with Gasteiger partial charge in [-0.25, -0.2) is 4.98 Å². The number of hydrogen-bond donors (Lipinski definition) is 0. The zero-order valence-electron chi connectivity index (χ0n) is 12.8. The summed E-state index contributed by atoms with van der Waals surface area (Å²) in [7, 11) is 0. The van der Waals surface area contributed by atoms with Gasteiger partial charge in [-0.15, -0.1) is 0 Å². The lowest BCUT2D eigenvalue weighted by atomic mass is 10.2. The summed E-state index contributed by atoms with van der Waals surface area (Å²) in [5.41, 5.74) is 7.47. The average molecular weight is 320 g/mol. The molecule has 0 aliphatic heterocycles. The maximum absolute atomic E-state index is 6.71. The molecule has 0 saturated heterocycles. The van der Waals surface area contributed by atoms with E-state index < -0.39 is 0 Å². The van der Waals surface area contributed by atoms with Gasteiger partial charge in [0.05, 0.1) is 21.6 Å². The van der Waals surface area contributed by atoms with Gasteiger partial charge in [0.15, 0.2) is 5.65 Å². The molecule has 0 aliphatic rings. The van der Waals surface area contributed by atoms with Crippen LogP contribution in [0.25, 0.3) is 33.1 Å². The highest BCUT2D eigenvalue weighted by atomic mass is 35.5. The zero-order chi connectivity index (χ0) is 15.7. The fourth-order valence-electron chi connectivity index (χ4n) is 3.51. The molecule has 0 bridgehead atoms. The smallest absolute Gasteiger partial charge is 0.164 e. The minimum absolute atomic E-state index is 0.762. The van der Waals surface area contributed by atoms with Crippen LogP contribution in [0, 0.1) is 13.8 Å². The maximum atomic E-state index is 6.71. The van der Waals surface area contributed by atoms with Crippen LogP contribution < -0.4 is 0 Å². The molecule has 5 aromatic rings. The highest BCUT2D eigenvalue weighted by Crippen LogP contribution is 2.35. The van der Waals surface area contributed by atoms with E-state index in [2.05, 4.69) is 59.2 Å². The quantitative estimate of drug-likeness (QED) is 0.386. The van der Waals surface area contributed by atoms with Gasteiger partial charge in [-0.2, -0.15) is 0 Å². The van der Waals surface area contributed by atoms with Gasteiger partial charge < -0.3 is 4.40 Å². The summed E-state index contributed by atoms with van der Waals surface area (Å²) < 4.78 is 4.35. The first-order valence-electron chi connectivity index (χ1n) is 7.62. The number of aromatic nitrogens is 3. The van der Waals surface area contributed by atoms with Crippen molar-refractivity contribution in [3.63, 3.8) is 0 Å². The van der Waals surface area contributed by atoms with E-state index in [1.807, 2.05) is 12.1 Å². The molecule has 2 aromatic carbocycles. The second-order valence-electron chi connectivity index (χ2n) is 6.08. The summed E-state index contributed by atoms with van der Waals surface area (Å²) in [5, 5.41) is 1.82. The Kier molecular flexibility index (Phi) is 2.41. The Labute approximate surface area is 137 Å². The molecular weight excluding hydrogens is 306 g/mol. The van der Waals surface area contributed by atoms with Crippen LogP contribution in [-0.4, -0.2) is 13.8 Å². The molecule has 3 aromatic heterocycles. The number of para-hydroxylation sites is 1. The maximum Gasteiger partial charge on any atom is 0.164 e. The van der Waals surface area contributed by atoms with Crippen molar-refractivity contribution in [2.75, 3.05) is 0 Å². The normalized spacial score (nSPS) is 12.1. The summed E-state index contributed by atoms with van der Waals surface area (Å²) >= 11 is 6.71. The number of benzene rings is 2. The summed E-state index contributed by atoms with van der Waals surface area (Å²) in [6, 6.07) is 14.6. The Balaban J connectivity index is 2.14. The molecule has 0 amide bonds. The number of halogens is 1. The second kappa shape index (κ2) is 4.27. The lowest BCUT2D eigenvalue weighted by molar-refractivity contribution is 1.06. The Morgan fingerprint density at radius 3 is 2.70 bits per heavy atom. The molecule has 3 nitrogen and oxygen atoms in total. The third kappa shape index (κ3) is 1.57. The van der Waals surface area contributed by atoms with Crippen LogP contribution in [0.3, 0.4) is 0 Å². The fraction of sp³-hybridized carbons (Fsp3) is 0.105. The molecule has 4 heteroatoms. The van der Waals surface area contributed by atoms with Crippen molar-refractivity contribution in [1.29, 1.82) is 0 Å². The van der Waals surface area contributed by atoms with Gasteiger partial charge in [-0.3, -0.25) is 4.40 Å². The van der Waals surface area contributed by atoms with Crippen molar-refractivity contribution in [3.05, 3.63) is 64.9 Å². The van der Waals surface area contributed by atoms with Gasteiger partial charge in [-0.1, -0.05) is 35.9 Å². The van der Waals surface area contributed by atoms with Gasteiger partial charge in [0.1, 0.15) is 5.52 Å². The highest BCUT2D eigenvalue weighted by Gasteiger charge is 2.17. The lowest BCUT2D eigenvalue weighted by Gasteiger charge is -2.06. The van der Waals surface area contributed by atoms with E-state index in [-0.39, 0.29) is 0 Å². The number of aryl methyl sites for hydroxylation is 2. The van der Waals surface area contributed by atoms with Crippen molar-refractivity contribution >= 4 is 44.7 Å². The number of rotatable bonds is 0. The van der Waals surface area contributed by atoms with Crippen molar-refractivity contribution in [1.82, 2.24) is 13.8 Å². The molecule has 5 rings (SSSR count). The molecule has 0 aliphatic carbocycles. The molecule has 112 valence electrons. The molecule has 0 spiro atoms. The second-order valence-corrected chi connectivity index (χ2v) is 6.46. The summed E-state index contributed by atoms with van der Waals surface area (Å²) in [5.74, 6) is 0. The van der Waals surface area contributed by atoms with E-state index in [1.165, 1.54) is 5.56 Å². The first kappa shape index (κ1) is 13.0. The minimum atomic E-state index is 0.762. The standard InChI is InChI=1S/C19H14ClN3/c1-11-7-8-14-16(9-11)23-12(2)10-22-15-6-4-3-5-13(15)17(20)18(22)19(23)21-14/h3-10H,1-2H3. The van der Waals surface area contributed by atoms with Gasteiger partial charge >= 0.3 is 0 Å². The first-order chi connectivity index (χ1) is 11.1. The van der Waals surface area contributed by atoms with Crippen molar-refractivity contribution in [2.24, 2.45) is 0 Å². The minimum Gasteiger partial charge on any atom is -0.310 e. The van der Waals surface area contributed by atoms with Crippen molar-refractivity contribution < 1.29 is 0 Å². The lowest BCUT2D eigenvalue weighted by Crippen LogP contribution is -1.97. The van der Waals surface area contributed by atoms with E-state index in [4.69, 9.17) is 16.6 Å². The summed E-state index contributed by atoms with van der Waals surface area (Å²) in [4.78, 5) is 4.86. The van der Waals surface area contributed by atoms with Crippen LogP contribution in [0.5, 0.6) is 0 Å². The Morgan fingerprint density at radius 1 is 1.00 bits per heavy atom. The number of nitrogens with zero attached hydrogens (tertiary/aromatic N) is 3. The number of hydrogen-bond acceptors (Lipinski definition) is 1. The molecule has 0 saturated carbocycles. The third-order valence-electron chi connectivity index (χ3n) is 4.54. The van der Waals surface area contributed by atoms with Gasteiger partial charge in [0, 0.05) is 17.3 Å². The van der Waals surface area contributed by atoms with Crippen LogP contribution in [0.2, 0.25) is 5.02 Å². The molecular formula is C19H14ClN3. The third-order valence-corrected chi connectivity index (χ3v) is 4.92. The average Bonchev–Trinajstić information content (AvgIpc) is 3.05. The summed E-state index contributed by atoms with van der Waals surface area (Å²) in [6.45, 7) is 4.21. The van der Waals surface area contributed by atoms with Gasteiger partial charge in [-0.05, 0) is 37.6 Å². The highest BCUT2D eigenvalue weighted by molar-refractivity contribution is 6.40. The van der Waals surface area contributed by atoms with E-state index in [0.29, 0.717) is 0 Å². The van der Waals surface area contributed by atoms with Crippen molar-refractivity contribution in [2.45, 2.75) is 13.8 Å². The molecule has 0 N–H and O–H groups in total. The fourth-order valence-corrected chi connectivity index (χ4v) is 3.84. The summed E-state index contributed by atoms with van der Waals surface area (Å²) in [6.07, 6.45) is 2.14. The van der Waals surface area contributed by atoms with Crippen LogP contribution >= 0.6 is 11.6 Å². The molecule has 0 unspecified atom stereocenters. The van der Waals surface area contributed by atoms with Gasteiger partial charge in [0.25, 0.3) is 0 Å². The van der Waals surface area contributed by atoms with Gasteiger partial charge in [0.2, 0.25) is 0 Å². The van der Waals surface area contributed by atoms with E-state index in [9.17, 15) is 0 Å². The molecule has 23 heavy (non-hydrogen) atoms. The number of fused-ring (bicyclic) bond motifs is 7. The SMILES string of the molecule is Cc1ccc2nc3c4c(Cl)c5ccccc5n4cc(C)n3c2c1. The van der Waals surface area contributed by atoms with Crippen LogP contribution in [-0.2, 0) is 0 Å². The molecule has 3 heterocycles. The largest absolute Gasteiger partial charge is 0.310 e. The Bertz CT molecular complexity index is 1240. The van der Waals surface area contributed by atoms with E-state index in [1.54, 1.807) is 0 Å². The van der Waals surface area contributed by atoms with E-state index in [0.717, 1.165) is 43.8 Å². The predicted octanol–water partition coefficient (Wildman–Crippen LogP) is 5.16. The van der Waals surface area contributed by atoms with E-state index >= 15 is 0 Å². The molecule has 0 radical (unpaired) electrons. The van der Waals surface area contributed by atoms with Crippen LogP contribution in [0.4, 0.5) is 0 Å². The first-order valence-corrected chi connectivity index (χ1v) is 7.99. The molecule has 0 atom stereocenters. The topological polar surface area (TPSA) is 21.7 Å². The number of imidazole rings is 1. The van der Waals surface area contributed by atoms with Crippen LogP contribution in [0.15, 0.2) is 48.7 Å². The monoisotopic (exact) mass is 319 g/mol. The van der Waals surface area contributed by atoms with Crippen molar-refractivity contribution in [3.8, 4) is 0 Å². The Hall–Kier alpha value is -2.52.